The third-order valence-electron chi connectivity index (χ3n) is 3.36. The van der Waals surface area contributed by atoms with Crippen molar-refractivity contribution in [2.75, 3.05) is 4.90 Å². The monoisotopic (exact) mass is 326 g/mol. The van der Waals surface area contributed by atoms with Gasteiger partial charge < -0.3 is 5.11 Å². The van der Waals surface area contributed by atoms with E-state index in [0.29, 0.717) is 23.3 Å². The number of aromatic nitrogens is 5. The largest absolute Gasteiger partial charge is 0.478 e. The summed E-state index contributed by atoms with van der Waals surface area (Å²) in [6.45, 7) is 0. The first-order chi connectivity index (χ1) is 11.2. The third-order valence-corrected chi connectivity index (χ3v) is 4.06. The number of aliphatic carboxylic acids is 1. The van der Waals surface area contributed by atoms with Crippen molar-refractivity contribution in [3.05, 3.63) is 54.1 Å². The van der Waals surface area contributed by atoms with Gasteiger partial charge in [-0.1, -0.05) is 6.07 Å². The number of carbonyl (C=O) groups is 1. The number of anilines is 2. The van der Waals surface area contributed by atoms with E-state index in [1.54, 1.807) is 46.5 Å². The minimum atomic E-state index is -0.957. The van der Waals surface area contributed by atoms with E-state index in [0.717, 1.165) is 17.1 Å². The zero-order chi connectivity index (χ0) is 15.8. The van der Waals surface area contributed by atoms with E-state index in [1.807, 2.05) is 6.07 Å². The summed E-state index contributed by atoms with van der Waals surface area (Å²) in [6.07, 6.45) is 6.93. The molecule has 0 bridgehead atoms. The number of nitrogens with zero attached hydrogens (tertiary/aromatic N) is 6. The molecule has 0 atom stereocenters. The van der Waals surface area contributed by atoms with Crippen LogP contribution < -0.4 is 4.90 Å². The summed E-state index contributed by atoms with van der Waals surface area (Å²) in [5.74, 6) is 0.144. The summed E-state index contributed by atoms with van der Waals surface area (Å²) < 4.78 is 5.81. The summed E-state index contributed by atoms with van der Waals surface area (Å²) in [5.41, 5.74) is 1.12. The first-order valence-corrected chi connectivity index (χ1v) is 7.50. The van der Waals surface area contributed by atoms with E-state index in [4.69, 9.17) is 0 Å². The summed E-state index contributed by atoms with van der Waals surface area (Å²) in [5, 5.41) is 13.9. The highest BCUT2D eigenvalue weighted by molar-refractivity contribution is 7.10. The van der Waals surface area contributed by atoms with Crippen molar-refractivity contribution in [2.45, 2.75) is 6.42 Å². The zero-order valence-electron chi connectivity index (χ0n) is 11.7. The van der Waals surface area contributed by atoms with Gasteiger partial charge in [0.1, 0.15) is 5.82 Å². The molecule has 114 valence electrons. The Bertz CT molecular complexity index is 902. The Hall–Kier alpha value is -3.07. The molecule has 0 spiro atoms. The first-order valence-electron chi connectivity index (χ1n) is 6.73. The lowest BCUT2D eigenvalue weighted by atomic mass is 10.0. The SMILES string of the molecule is O=C(O)C1=CN(c2nc(-n3cccn3)ns2)c2ncccc2C1. The maximum Gasteiger partial charge on any atom is 0.333 e. The van der Waals surface area contributed by atoms with Crippen LogP contribution in [0.5, 0.6) is 0 Å². The van der Waals surface area contributed by atoms with Gasteiger partial charge >= 0.3 is 5.97 Å². The van der Waals surface area contributed by atoms with Gasteiger partial charge in [0.2, 0.25) is 5.13 Å². The van der Waals surface area contributed by atoms with Crippen LogP contribution in [0.1, 0.15) is 5.56 Å². The number of pyridine rings is 1. The molecule has 1 N–H and O–H groups in total. The maximum absolute atomic E-state index is 11.4. The van der Waals surface area contributed by atoms with Crippen LogP contribution in [0.25, 0.3) is 5.95 Å². The van der Waals surface area contributed by atoms with Crippen LogP contribution in [-0.2, 0) is 11.2 Å². The molecule has 4 rings (SSSR count). The Kier molecular flexibility index (Phi) is 3.12. The molecule has 0 saturated heterocycles. The fourth-order valence-corrected chi connectivity index (χ4v) is 2.95. The van der Waals surface area contributed by atoms with Crippen LogP contribution in [0.2, 0.25) is 0 Å². The molecule has 0 saturated carbocycles. The van der Waals surface area contributed by atoms with Gasteiger partial charge in [0, 0.05) is 48.3 Å². The number of carboxylic acid groups (broad SMARTS) is 1. The van der Waals surface area contributed by atoms with Crippen molar-refractivity contribution >= 4 is 28.5 Å². The fraction of sp³-hybridized carbons (Fsp3) is 0.0714. The molecule has 0 unspecified atom stereocenters. The molecule has 4 heterocycles. The minimum Gasteiger partial charge on any atom is -0.478 e. The highest BCUT2D eigenvalue weighted by Crippen LogP contribution is 2.34. The molecule has 1 aliphatic heterocycles. The van der Waals surface area contributed by atoms with E-state index < -0.39 is 5.97 Å². The number of rotatable bonds is 3. The smallest absolute Gasteiger partial charge is 0.333 e. The zero-order valence-corrected chi connectivity index (χ0v) is 12.5. The molecule has 0 amide bonds. The fourth-order valence-electron chi connectivity index (χ4n) is 2.32. The Morgan fingerprint density at radius 3 is 3.00 bits per heavy atom. The molecule has 0 radical (unpaired) electrons. The van der Waals surface area contributed by atoms with Crippen LogP contribution in [0, 0.1) is 0 Å². The summed E-state index contributed by atoms with van der Waals surface area (Å²) in [7, 11) is 0. The van der Waals surface area contributed by atoms with Crippen molar-refractivity contribution in [1.82, 2.24) is 24.1 Å². The summed E-state index contributed by atoms with van der Waals surface area (Å²) >= 11 is 1.16. The Labute approximate surface area is 134 Å². The number of hydrogen-bond acceptors (Lipinski definition) is 7. The van der Waals surface area contributed by atoms with Crippen LogP contribution >= 0.6 is 11.5 Å². The molecule has 8 nitrogen and oxygen atoms in total. The highest BCUT2D eigenvalue weighted by Gasteiger charge is 2.25. The first kappa shape index (κ1) is 13.6. The second-order valence-corrected chi connectivity index (χ2v) is 5.55. The van der Waals surface area contributed by atoms with Crippen molar-refractivity contribution < 1.29 is 9.90 Å². The number of hydrogen-bond donors (Lipinski definition) is 1. The molecular weight excluding hydrogens is 316 g/mol. The average molecular weight is 326 g/mol. The Morgan fingerprint density at radius 2 is 2.22 bits per heavy atom. The third kappa shape index (κ3) is 2.36. The van der Waals surface area contributed by atoms with E-state index in [1.165, 1.54) is 0 Å². The van der Waals surface area contributed by atoms with E-state index in [-0.39, 0.29) is 5.57 Å². The molecule has 0 aliphatic carbocycles. The van der Waals surface area contributed by atoms with Gasteiger partial charge in [0.05, 0.1) is 5.57 Å². The molecule has 0 aromatic carbocycles. The summed E-state index contributed by atoms with van der Waals surface area (Å²) in [4.78, 5) is 21.8. The van der Waals surface area contributed by atoms with Crippen LogP contribution in [-0.4, -0.2) is 35.2 Å². The Morgan fingerprint density at radius 1 is 1.30 bits per heavy atom. The van der Waals surface area contributed by atoms with E-state index in [2.05, 4.69) is 19.4 Å². The standard InChI is InChI=1S/C14H10N6O2S/c21-12(22)10-7-9-3-1-4-15-11(9)19(8-10)14-17-13(18-23-14)20-6-2-5-16-20/h1-6,8H,7H2,(H,21,22). The van der Waals surface area contributed by atoms with Gasteiger partial charge in [0.25, 0.3) is 5.95 Å². The van der Waals surface area contributed by atoms with Gasteiger partial charge in [-0.15, -0.1) is 4.37 Å². The van der Waals surface area contributed by atoms with E-state index >= 15 is 0 Å². The van der Waals surface area contributed by atoms with Gasteiger partial charge in [-0.3, -0.25) is 4.90 Å². The predicted octanol–water partition coefficient (Wildman–Crippen LogP) is 1.78. The van der Waals surface area contributed by atoms with Crippen LogP contribution in [0.4, 0.5) is 10.9 Å². The maximum atomic E-state index is 11.4. The predicted molar refractivity (Wildman–Crippen MR) is 82.8 cm³/mol. The topological polar surface area (TPSA) is 97.0 Å². The van der Waals surface area contributed by atoms with Crippen LogP contribution in [0.3, 0.4) is 0 Å². The molecule has 0 fully saturated rings. The number of fused-ring (bicyclic) bond motifs is 1. The van der Waals surface area contributed by atoms with Crippen molar-refractivity contribution in [2.24, 2.45) is 0 Å². The van der Waals surface area contributed by atoms with Gasteiger partial charge in [-0.25, -0.2) is 14.5 Å². The van der Waals surface area contributed by atoms with Gasteiger partial charge in [-0.2, -0.15) is 10.1 Å². The second-order valence-electron chi connectivity index (χ2n) is 4.82. The second kappa shape index (κ2) is 5.29. The lowest BCUT2D eigenvalue weighted by Gasteiger charge is -2.24. The molecule has 3 aromatic heterocycles. The van der Waals surface area contributed by atoms with Gasteiger partial charge in [0.15, 0.2) is 0 Å². The average Bonchev–Trinajstić information content (AvgIpc) is 3.24. The molecule has 1 aliphatic rings. The van der Waals surface area contributed by atoms with Crippen molar-refractivity contribution in [3.63, 3.8) is 0 Å². The molecule has 9 heteroatoms. The quantitative estimate of drug-likeness (QED) is 0.783. The lowest BCUT2D eigenvalue weighted by molar-refractivity contribution is -0.132. The Balaban J connectivity index is 1.79. The molecule has 23 heavy (non-hydrogen) atoms. The van der Waals surface area contributed by atoms with E-state index in [9.17, 15) is 9.90 Å². The van der Waals surface area contributed by atoms with Crippen molar-refractivity contribution in [3.8, 4) is 5.95 Å². The van der Waals surface area contributed by atoms with Crippen molar-refractivity contribution in [1.29, 1.82) is 0 Å². The summed E-state index contributed by atoms with van der Waals surface area (Å²) in [6, 6.07) is 5.43. The lowest BCUT2D eigenvalue weighted by Crippen LogP contribution is -2.21. The molecular formula is C14H10N6O2S. The minimum absolute atomic E-state index is 0.279. The van der Waals surface area contributed by atoms with Gasteiger partial charge in [-0.05, 0) is 12.1 Å². The molecule has 3 aromatic rings. The highest BCUT2D eigenvalue weighted by atomic mass is 32.1. The number of carboxylic acids is 1. The van der Waals surface area contributed by atoms with Crippen LogP contribution in [0.15, 0.2) is 48.6 Å². The normalized spacial score (nSPS) is 13.6.